The summed E-state index contributed by atoms with van der Waals surface area (Å²) in [5.74, 6) is -1.73. The fraction of sp³-hybridized carbons (Fsp3) is 0.250. The molecular weight excluding hydrogens is 300 g/mol. The van der Waals surface area contributed by atoms with Crippen LogP contribution in [0.1, 0.15) is 16.9 Å². The molecule has 2 aromatic rings. The topological polar surface area (TPSA) is 99.5 Å². The Kier molecular flexibility index (Phi) is 4.83. The van der Waals surface area contributed by atoms with Gasteiger partial charge in [-0.05, 0) is 11.4 Å². The van der Waals surface area contributed by atoms with Crippen molar-refractivity contribution in [3.63, 3.8) is 0 Å². The van der Waals surface area contributed by atoms with E-state index in [4.69, 9.17) is 10.2 Å². The lowest BCUT2D eigenvalue weighted by molar-refractivity contribution is -0.139. The Hall–Kier alpha value is -1.77. The molecule has 0 spiro atoms. The van der Waals surface area contributed by atoms with Gasteiger partial charge in [0, 0.05) is 18.4 Å². The van der Waals surface area contributed by atoms with Gasteiger partial charge in [0.15, 0.2) is 0 Å². The number of amides is 1. The van der Waals surface area contributed by atoms with Crippen molar-refractivity contribution >= 4 is 34.6 Å². The fourth-order valence-corrected chi connectivity index (χ4v) is 3.12. The number of aliphatic carboxylic acids is 1. The largest absolute Gasteiger partial charge is 0.480 e. The van der Waals surface area contributed by atoms with Crippen LogP contribution in [0, 0.1) is 0 Å². The fourth-order valence-electron chi connectivity index (χ4n) is 1.51. The number of hydrogen-bond donors (Lipinski definition) is 3. The summed E-state index contributed by atoms with van der Waals surface area (Å²) >= 11 is 2.84. The van der Waals surface area contributed by atoms with Crippen molar-refractivity contribution in [2.75, 3.05) is 6.61 Å². The van der Waals surface area contributed by atoms with Crippen LogP contribution < -0.4 is 5.32 Å². The summed E-state index contributed by atoms with van der Waals surface area (Å²) in [6.45, 7) is -0.311. The summed E-state index contributed by atoms with van der Waals surface area (Å²) in [5, 5.41) is 24.2. The smallest absolute Gasteiger partial charge is 0.326 e. The summed E-state index contributed by atoms with van der Waals surface area (Å²) < 4.78 is 0. The van der Waals surface area contributed by atoms with Crippen molar-refractivity contribution in [1.29, 1.82) is 0 Å². The summed E-state index contributed by atoms with van der Waals surface area (Å²) in [6.07, 6.45) is -0.0387. The van der Waals surface area contributed by atoms with Crippen LogP contribution in [0.2, 0.25) is 0 Å². The standard InChI is InChI=1S/C12H12N2O4S2/c15-4-3-7(12(17)18)13-10(16)8-6-20-11(14-8)9-2-1-5-19-9/h1-2,5-7,15H,3-4H2,(H,13,16)(H,17,18). The van der Waals surface area contributed by atoms with E-state index in [1.807, 2.05) is 17.5 Å². The van der Waals surface area contributed by atoms with E-state index in [-0.39, 0.29) is 18.7 Å². The highest BCUT2D eigenvalue weighted by atomic mass is 32.1. The number of aromatic nitrogens is 1. The quantitative estimate of drug-likeness (QED) is 0.749. The molecule has 0 aromatic carbocycles. The molecular formula is C12H12N2O4S2. The highest BCUT2D eigenvalue weighted by Gasteiger charge is 2.21. The summed E-state index contributed by atoms with van der Waals surface area (Å²) in [7, 11) is 0. The second kappa shape index (κ2) is 6.60. The van der Waals surface area contributed by atoms with E-state index >= 15 is 0 Å². The summed E-state index contributed by atoms with van der Waals surface area (Å²) in [6, 6.07) is 2.68. The molecule has 8 heteroatoms. The Balaban J connectivity index is 2.08. The number of thiazole rings is 1. The van der Waals surface area contributed by atoms with Crippen LogP contribution in [0.5, 0.6) is 0 Å². The van der Waals surface area contributed by atoms with E-state index in [2.05, 4.69) is 10.3 Å². The van der Waals surface area contributed by atoms with E-state index in [1.165, 1.54) is 22.7 Å². The third-order valence-electron chi connectivity index (χ3n) is 2.49. The number of carbonyl (C=O) groups is 2. The molecule has 3 N–H and O–H groups in total. The van der Waals surface area contributed by atoms with Crippen molar-refractivity contribution in [1.82, 2.24) is 10.3 Å². The second-order valence-corrected chi connectivity index (χ2v) is 5.70. The highest BCUT2D eigenvalue weighted by molar-refractivity contribution is 7.20. The third-order valence-corrected chi connectivity index (χ3v) is 4.37. The van der Waals surface area contributed by atoms with Crippen molar-refractivity contribution < 1.29 is 19.8 Å². The lowest BCUT2D eigenvalue weighted by Crippen LogP contribution is -2.41. The van der Waals surface area contributed by atoms with E-state index in [1.54, 1.807) is 5.38 Å². The Morgan fingerprint density at radius 3 is 2.80 bits per heavy atom. The second-order valence-electron chi connectivity index (χ2n) is 3.89. The van der Waals surface area contributed by atoms with Crippen LogP contribution in [0.4, 0.5) is 0 Å². The molecule has 1 amide bonds. The number of hydrogen-bond acceptors (Lipinski definition) is 6. The molecule has 20 heavy (non-hydrogen) atoms. The number of nitrogens with zero attached hydrogens (tertiary/aromatic N) is 1. The van der Waals surface area contributed by atoms with E-state index in [0.29, 0.717) is 0 Å². The number of aliphatic hydroxyl groups excluding tert-OH is 1. The van der Waals surface area contributed by atoms with Gasteiger partial charge in [-0.3, -0.25) is 4.79 Å². The van der Waals surface area contributed by atoms with Crippen LogP contribution in [-0.4, -0.2) is 39.7 Å². The zero-order valence-electron chi connectivity index (χ0n) is 10.3. The minimum absolute atomic E-state index is 0.0387. The monoisotopic (exact) mass is 312 g/mol. The first kappa shape index (κ1) is 14.6. The van der Waals surface area contributed by atoms with E-state index in [9.17, 15) is 9.59 Å². The molecule has 2 aromatic heterocycles. The molecule has 0 aliphatic carbocycles. The highest BCUT2D eigenvalue weighted by Crippen LogP contribution is 2.27. The maximum atomic E-state index is 11.9. The number of nitrogens with one attached hydrogen (secondary N) is 1. The summed E-state index contributed by atoms with van der Waals surface area (Å²) in [5.41, 5.74) is 0.183. The van der Waals surface area contributed by atoms with Crippen LogP contribution in [0.25, 0.3) is 9.88 Å². The Morgan fingerprint density at radius 2 is 2.20 bits per heavy atom. The van der Waals surface area contributed by atoms with E-state index in [0.717, 1.165) is 9.88 Å². The van der Waals surface area contributed by atoms with Gasteiger partial charge in [-0.15, -0.1) is 22.7 Å². The average molecular weight is 312 g/mol. The predicted octanol–water partition coefficient (Wildman–Crippen LogP) is 1.44. The van der Waals surface area contributed by atoms with Crippen LogP contribution >= 0.6 is 22.7 Å². The molecule has 0 saturated heterocycles. The molecule has 6 nitrogen and oxygen atoms in total. The molecule has 1 atom stereocenters. The predicted molar refractivity (Wildman–Crippen MR) is 76.0 cm³/mol. The Bertz CT molecular complexity index is 594. The maximum absolute atomic E-state index is 11.9. The summed E-state index contributed by atoms with van der Waals surface area (Å²) in [4.78, 5) is 28.0. The van der Waals surface area contributed by atoms with Crippen molar-refractivity contribution in [2.24, 2.45) is 0 Å². The number of aliphatic hydroxyl groups is 1. The van der Waals surface area contributed by atoms with Gasteiger partial charge >= 0.3 is 5.97 Å². The van der Waals surface area contributed by atoms with Gasteiger partial charge in [-0.2, -0.15) is 0 Å². The van der Waals surface area contributed by atoms with Crippen molar-refractivity contribution in [2.45, 2.75) is 12.5 Å². The van der Waals surface area contributed by atoms with Crippen molar-refractivity contribution in [3.8, 4) is 9.88 Å². The van der Waals surface area contributed by atoms with Gasteiger partial charge in [0.2, 0.25) is 0 Å². The number of rotatable bonds is 6. The third kappa shape index (κ3) is 3.41. The molecule has 0 aliphatic heterocycles. The van der Waals surface area contributed by atoms with Crippen molar-refractivity contribution in [3.05, 3.63) is 28.6 Å². The molecule has 1 unspecified atom stereocenters. The van der Waals surface area contributed by atoms with Gasteiger partial charge in [0.25, 0.3) is 5.91 Å². The SMILES string of the molecule is O=C(NC(CCO)C(=O)O)c1csc(-c2cccs2)n1. The van der Waals surface area contributed by atoms with Gasteiger partial charge in [0.1, 0.15) is 16.7 Å². The number of carbonyl (C=O) groups excluding carboxylic acids is 1. The van der Waals surface area contributed by atoms with Crippen LogP contribution in [-0.2, 0) is 4.79 Å². The van der Waals surface area contributed by atoms with Crippen LogP contribution in [0.3, 0.4) is 0 Å². The molecule has 2 rings (SSSR count). The first-order chi connectivity index (χ1) is 9.61. The zero-order valence-corrected chi connectivity index (χ0v) is 11.9. The number of carboxylic acids is 1. The molecule has 0 saturated carbocycles. The maximum Gasteiger partial charge on any atom is 0.326 e. The molecule has 0 fully saturated rings. The normalized spacial score (nSPS) is 12.1. The molecule has 0 aliphatic rings. The minimum atomic E-state index is -1.18. The van der Waals surface area contributed by atoms with Gasteiger partial charge in [-0.1, -0.05) is 6.07 Å². The zero-order chi connectivity index (χ0) is 14.5. The Morgan fingerprint density at radius 1 is 1.40 bits per heavy atom. The Labute approximate surface area is 122 Å². The van der Waals surface area contributed by atoms with Gasteiger partial charge in [-0.25, -0.2) is 9.78 Å². The number of thiophene rings is 1. The molecule has 2 heterocycles. The molecule has 106 valence electrons. The lowest BCUT2D eigenvalue weighted by atomic mass is 10.2. The van der Waals surface area contributed by atoms with Crippen LogP contribution in [0.15, 0.2) is 22.9 Å². The lowest BCUT2D eigenvalue weighted by Gasteiger charge is -2.11. The van der Waals surface area contributed by atoms with E-state index < -0.39 is 17.9 Å². The number of carboxylic acid groups (broad SMARTS) is 1. The average Bonchev–Trinajstić information content (AvgIpc) is 3.08. The van der Waals surface area contributed by atoms with Gasteiger partial charge < -0.3 is 15.5 Å². The first-order valence-electron chi connectivity index (χ1n) is 5.75. The molecule has 0 radical (unpaired) electrons. The van der Waals surface area contributed by atoms with Gasteiger partial charge in [0.05, 0.1) is 4.88 Å². The first-order valence-corrected chi connectivity index (χ1v) is 7.51. The minimum Gasteiger partial charge on any atom is -0.480 e. The molecule has 0 bridgehead atoms.